The first-order valence-corrected chi connectivity index (χ1v) is 6.47. The summed E-state index contributed by atoms with van der Waals surface area (Å²) in [4.78, 5) is 26.9. The standard InChI is InChI=1S/C15H19N3O2/c1-15(2,3)12(13(16)19)18-14(20)10-8-17-11-7-5-4-6-9(10)11/h4-8,12,17H,1-3H3,(H2,16,19)(H,18,20). The van der Waals surface area contributed by atoms with Crippen LogP contribution in [-0.4, -0.2) is 22.8 Å². The molecule has 106 valence electrons. The van der Waals surface area contributed by atoms with Gasteiger partial charge in [-0.3, -0.25) is 9.59 Å². The van der Waals surface area contributed by atoms with Gasteiger partial charge in [0.1, 0.15) is 6.04 Å². The summed E-state index contributed by atoms with van der Waals surface area (Å²) in [5.41, 5.74) is 6.33. The van der Waals surface area contributed by atoms with Crippen molar-refractivity contribution in [3.8, 4) is 0 Å². The lowest BCUT2D eigenvalue weighted by Gasteiger charge is -2.28. The zero-order valence-electron chi connectivity index (χ0n) is 11.9. The molecule has 0 saturated heterocycles. The molecule has 5 heteroatoms. The maximum absolute atomic E-state index is 12.3. The van der Waals surface area contributed by atoms with E-state index in [2.05, 4.69) is 10.3 Å². The fourth-order valence-corrected chi connectivity index (χ4v) is 2.18. The average molecular weight is 273 g/mol. The van der Waals surface area contributed by atoms with Gasteiger partial charge >= 0.3 is 0 Å². The summed E-state index contributed by atoms with van der Waals surface area (Å²) in [6.45, 7) is 5.58. The summed E-state index contributed by atoms with van der Waals surface area (Å²) in [6.07, 6.45) is 1.64. The third kappa shape index (κ3) is 2.66. The molecule has 1 heterocycles. The molecule has 0 aliphatic rings. The number of amides is 2. The summed E-state index contributed by atoms with van der Waals surface area (Å²) in [5.74, 6) is -0.841. The zero-order chi connectivity index (χ0) is 14.9. The van der Waals surface area contributed by atoms with Crippen LogP contribution in [0.25, 0.3) is 10.9 Å². The molecular weight excluding hydrogens is 254 g/mol. The lowest BCUT2D eigenvalue weighted by Crippen LogP contribution is -2.51. The third-order valence-corrected chi connectivity index (χ3v) is 3.26. The predicted octanol–water partition coefficient (Wildman–Crippen LogP) is 1.80. The van der Waals surface area contributed by atoms with Crippen molar-refractivity contribution in [2.24, 2.45) is 11.1 Å². The fourth-order valence-electron chi connectivity index (χ4n) is 2.18. The number of aromatic amines is 1. The van der Waals surface area contributed by atoms with Crippen LogP contribution in [0, 0.1) is 5.41 Å². The Kier molecular flexibility index (Phi) is 3.53. The van der Waals surface area contributed by atoms with E-state index in [1.54, 1.807) is 6.20 Å². The number of fused-ring (bicyclic) bond motifs is 1. The van der Waals surface area contributed by atoms with Crippen LogP contribution in [0.3, 0.4) is 0 Å². The Balaban J connectivity index is 2.30. The lowest BCUT2D eigenvalue weighted by atomic mass is 9.86. The number of para-hydroxylation sites is 1. The molecule has 0 fully saturated rings. The van der Waals surface area contributed by atoms with Gasteiger partial charge in [-0.2, -0.15) is 0 Å². The molecule has 2 rings (SSSR count). The topological polar surface area (TPSA) is 88.0 Å². The van der Waals surface area contributed by atoms with Crippen molar-refractivity contribution in [2.75, 3.05) is 0 Å². The Morgan fingerprint density at radius 1 is 1.25 bits per heavy atom. The number of rotatable bonds is 3. The number of nitrogens with two attached hydrogens (primary N) is 1. The van der Waals surface area contributed by atoms with Gasteiger partial charge in [-0.25, -0.2) is 0 Å². The number of carbonyl (C=O) groups excluding carboxylic acids is 2. The van der Waals surface area contributed by atoms with Crippen molar-refractivity contribution in [3.63, 3.8) is 0 Å². The summed E-state index contributed by atoms with van der Waals surface area (Å²) in [6, 6.07) is 6.78. The van der Waals surface area contributed by atoms with Crippen LogP contribution in [-0.2, 0) is 4.79 Å². The van der Waals surface area contributed by atoms with E-state index in [1.807, 2.05) is 45.0 Å². The normalized spacial score (nSPS) is 13.2. The second kappa shape index (κ2) is 5.00. The van der Waals surface area contributed by atoms with E-state index < -0.39 is 17.4 Å². The third-order valence-electron chi connectivity index (χ3n) is 3.26. The van der Waals surface area contributed by atoms with E-state index in [9.17, 15) is 9.59 Å². The summed E-state index contributed by atoms with van der Waals surface area (Å²) in [7, 11) is 0. The first-order chi connectivity index (χ1) is 9.30. The molecule has 1 unspecified atom stereocenters. The van der Waals surface area contributed by atoms with Crippen molar-refractivity contribution in [3.05, 3.63) is 36.0 Å². The molecule has 0 spiro atoms. The number of nitrogens with one attached hydrogen (secondary N) is 2. The van der Waals surface area contributed by atoms with Crippen LogP contribution in [0.15, 0.2) is 30.5 Å². The summed E-state index contributed by atoms with van der Waals surface area (Å²) < 4.78 is 0. The minimum Gasteiger partial charge on any atom is -0.368 e. The van der Waals surface area contributed by atoms with E-state index >= 15 is 0 Å². The molecule has 4 N–H and O–H groups in total. The second-order valence-electron chi connectivity index (χ2n) is 5.92. The second-order valence-corrected chi connectivity index (χ2v) is 5.92. The largest absolute Gasteiger partial charge is 0.368 e. The number of aromatic nitrogens is 1. The van der Waals surface area contributed by atoms with Crippen LogP contribution >= 0.6 is 0 Å². The molecule has 0 aliphatic heterocycles. The highest BCUT2D eigenvalue weighted by molar-refractivity contribution is 6.07. The Hall–Kier alpha value is -2.30. The quantitative estimate of drug-likeness (QED) is 0.796. The van der Waals surface area contributed by atoms with Gasteiger partial charge in [0.05, 0.1) is 5.56 Å². The van der Waals surface area contributed by atoms with Gasteiger partial charge in [0.15, 0.2) is 0 Å². The monoisotopic (exact) mass is 273 g/mol. The van der Waals surface area contributed by atoms with E-state index in [1.165, 1.54) is 0 Å². The number of carbonyl (C=O) groups is 2. The molecule has 0 aliphatic carbocycles. The number of benzene rings is 1. The molecule has 1 aromatic carbocycles. The molecule has 0 radical (unpaired) electrons. The molecule has 1 atom stereocenters. The van der Waals surface area contributed by atoms with Crippen molar-refractivity contribution in [2.45, 2.75) is 26.8 Å². The van der Waals surface area contributed by atoms with Gasteiger partial charge in [0, 0.05) is 17.1 Å². The van der Waals surface area contributed by atoms with Gasteiger partial charge < -0.3 is 16.0 Å². The molecule has 1 aromatic heterocycles. The number of primary amides is 1. The SMILES string of the molecule is CC(C)(C)C(NC(=O)c1c[nH]c2ccccc12)C(N)=O. The highest BCUT2D eigenvalue weighted by Gasteiger charge is 2.31. The van der Waals surface area contributed by atoms with E-state index in [4.69, 9.17) is 5.73 Å². The van der Waals surface area contributed by atoms with Gasteiger partial charge in [0.2, 0.25) is 5.91 Å². The molecule has 0 saturated carbocycles. The van der Waals surface area contributed by atoms with Gasteiger partial charge in [0.25, 0.3) is 5.91 Å². The molecule has 2 aromatic rings. The maximum Gasteiger partial charge on any atom is 0.254 e. The number of hydrogen-bond acceptors (Lipinski definition) is 2. The maximum atomic E-state index is 12.3. The van der Waals surface area contributed by atoms with Crippen LogP contribution in [0.5, 0.6) is 0 Å². The highest BCUT2D eigenvalue weighted by Crippen LogP contribution is 2.21. The van der Waals surface area contributed by atoms with Gasteiger partial charge in [-0.15, -0.1) is 0 Å². The van der Waals surface area contributed by atoms with Crippen LogP contribution in [0.1, 0.15) is 31.1 Å². The van der Waals surface area contributed by atoms with Crippen molar-refractivity contribution < 1.29 is 9.59 Å². The van der Waals surface area contributed by atoms with Crippen LogP contribution in [0.4, 0.5) is 0 Å². The van der Waals surface area contributed by atoms with Crippen molar-refractivity contribution in [1.82, 2.24) is 10.3 Å². The zero-order valence-corrected chi connectivity index (χ0v) is 11.9. The number of hydrogen-bond donors (Lipinski definition) is 3. The first-order valence-electron chi connectivity index (χ1n) is 6.47. The van der Waals surface area contributed by atoms with Crippen LogP contribution in [0.2, 0.25) is 0 Å². The Labute approximate surface area is 117 Å². The average Bonchev–Trinajstić information content (AvgIpc) is 2.77. The minimum atomic E-state index is -0.719. The van der Waals surface area contributed by atoms with E-state index in [-0.39, 0.29) is 5.91 Å². The Morgan fingerprint density at radius 2 is 1.90 bits per heavy atom. The fraction of sp³-hybridized carbons (Fsp3) is 0.333. The van der Waals surface area contributed by atoms with Crippen molar-refractivity contribution in [1.29, 1.82) is 0 Å². The smallest absolute Gasteiger partial charge is 0.254 e. The Bertz CT molecular complexity index is 652. The summed E-state index contributed by atoms with van der Waals surface area (Å²) in [5, 5.41) is 3.54. The first kappa shape index (κ1) is 14.1. The lowest BCUT2D eigenvalue weighted by molar-refractivity contribution is -0.122. The van der Waals surface area contributed by atoms with Crippen molar-refractivity contribution >= 4 is 22.7 Å². The minimum absolute atomic E-state index is 0.304. The predicted molar refractivity (Wildman–Crippen MR) is 78.2 cm³/mol. The molecule has 0 bridgehead atoms. The van der Waals surface area contributed by atoms with Crippen LogP contribution < -0.4 is 11.1 Å². The molecule has 2 amide bonds. The molecular formula is C15H19N3O2. The molecule has 5 nitrogen and oxygen atoms in total. The van der Waals surface area contributed by atoms with Gasteiger partial charge in [-0.05, 0) is 11.5 Å². The van der Waals surface area contributed by atoms with E-state index in [0.29, 0.717) is 5.56 Å². The van der Waals surface area contributed by atoms with Gasteiger partial charge in [-0.1, -0.05) is 39.0 Å². The van der Waals surface area contributed by atoms with E-state index in [0.717, 1.165) is 10.9 Å². The number of H-pyrrole nitrogens is 1. The highest BCUT2D eigenvalue weighted by atomic mass is 16.2. The Morgan fingerprint density at radius 3 is 2.50 bits per heavy atom. The summed E-state index contributed by atoms with van der Waals surface area (Å²) >= 11 is 0. The molecule has 20 heavy (non-hydrogen) atoms.